The number of carbonyl (C=O) groups excluding carboxylic acids is 1. The van der Waals surface area contributed by atoms with E-state index in [9.17, 15) is 4.79 Å². The lowest BCUT2D eigenvalue weighted by molar-refractivity contribution is -0.130. The van der Waals surface area contributed by atoms with E-state index < -0.39 is 0 Å². The summed E-state index contributed by atoms with van der Waals surface area (Å²) in [5, 5.41) is 3.19. The first-order valence-corrected chi connectivity index (χ1v) is 9.03. The van der Waals surface area contributed by atoms with Gasteiger partial charge in [-0.25, -0.2) is 0 Å². The number of amides is 1. The van der Waals surface area contributed by atoms with Crippen LogP contribution in [0, 0.1) is 0 Å². The Labute approximate surface area is 143 Å². The average Bonchev–Trinajstić information content (AvgIpc) is 3.16. The van der Waals surface area contributed by atoms with Gasteiger partial charge >= 0.3 is 0 Å². The third kappa shape index (κ3) is 6.89. The van der Waals surface area contributed by atoms with Crippen LogP contribution in [0.4, 0.5) is 0 Å². The average molecular weight is 328 g/mol. The predicted molar refractivity (Wildman–Crippen MR) is 98.1 cm³/mol. The molecule has 3 nitrogen and oxygen atoms in total. The molecule has 0 unspecified atom stereocenters. The predicted octanol–water partition coefficient (Wildman–Crippen LogP) is 3.52. The molecule has 1 N–H and O–H groups in total. The molecule has 23 heavy (non-hydrogen) atoms. The molecule has 1 fully saturated rings. The summed E-state index contributed by atoms with van der Waals surface area (Å²) in [7, 11) is 0. The van der Waals surface area contributed by atoms with Crippen LogP contribution in [-0.2, 0) is 17.9 Å². The van der Waals surface area contributed by atoms with Gasteiger partial charge in [-0.3, -0.25) is 4.79 Å². The van der Waals surface area contributed by atoms with Gasteiger partial charge in [-0.15, -0.1) is 11.8 Å². The van der Waals surface area contributed by atoms with Crippen molar-refractivity contribution >= 4 is 17.7 Å². The van der Waals surface area contributed by atoms with Crippen LogP contribution in [0.25, 0.3) is 0 Å². The fraction of sp³-hybridized carbons (Fsp3) is 0.316. The van der Waals surface area contributed by atoms with Gasteiger partial charge in [-0.05, 0) is 11.1 Å². The SMILES string of the molecule is C1CSCN1.CC(=O)N(Cc1ccccc1)Cc1ccccc1. The Morgan fingerprint density at radius 3 is 1.83 bits per heavy atom. The first-order chi connectivity index (χ1) is 11.3. The van der Waals surface area contributed by atoms with Gasteiger partial charge in [0, 0.05) is 38.2 Å². The van der Waals surface area contributed by atoms with Crippen molar-refractivity contribution in [1.82, 2.24) is 10.2 Å². The number of hydrogen-bond acceptors (Lipinski definition) is 3. The molecule has 4 heteroatoms. The molecular formula is C19H24N2OS. The van der Waals surface area contributed by atoms with Crippen molar-refractivity contribution in [3.8, 4) is 0 Å². The molecule has 0 aliphatic carbocycles. The second kappa shape index (κ2) is 10.1. The molecule has 0 radical (unpaired) electrons. The molecule has 2 aromatic carbocycles. The van der Waals surface area contributed by atoms with E-state index in [4.69, 9.17) is 0 Å². The molecular weight excluding hydrogens is 304 g/mol. The van der Waals surface area contributed by atoms with Crippen molar-refractivity contribution < 1.29 is 4.79 Å². The fourth-order valence-electron chi connectivity index (χ4n) is 2.25. The van der Waals surface area contributed by atoms with Crippen LogP contribution in [0.15, 0.2) is 60.7 Å². The first-order valence-electron chi connectivity index (χ1n) is 7.87. The Balaban J connectivity index is 0.000000326. The quantitative estimate of drug-likeness (QED) is 0.932. The summed E-state index contributed by atoms with van der Waals surface area (Å²) in [5.41, 5.74) is 2.31. The summed E-state index contributed by atoms with van der Waals surface area (Å²) in [4.78, 5) is 13.5. The molecule has 0 saturated carbocycles. The number of nitrogens with zero attached hydrogens (tertiary/aromatic N) is 1. The molecule has 3 rings (SSSR count). The molecule has 122 valence electrons. The topological polar surface area (TPSA) is 32.3 Å². The van der Waals surface area contributed by atoms with Crippen LogP contribution in [0.3, 0.4) is 0 Å². The molecule has 1 heterocycles. The molecule has 0 aromatic heterocycles. The minimum absolute atomic E-state index is 0.0997. The summed E-state index contributed by atoms with van der Waals surface area (Å²) in [6.45, 7) is 4.15. The Morgan fingerprint density at radius 2 is 1.52 bits per heavy atom. The second-order valence-electron chi connectivity index (χ2n) is 5.40. The minimum Gasteiger partial charge on any atom is -0.334 e. The maximum atomic E-state index is 11.7. The van der Waals surface area contributed by atoms with Gasteiger partial charge < -0.3 is 10.2 Å². The van der Waals surface area contributed by atoms with Gasteiger partial charge in [0.25, 0.3) is 0 Å². The van der Waals surface area contributed by atoms with E-state index in [0.29, 0.717) is 13.1 Å². The van der Waals surface area contributed by atoms with Crippen LogP contribution in [-0.4, -0.2) is 29.0 Å². The standard InChI is InChI=1S/C16H17NO.C3H7NS/c1-14(18)17(12-15-8-4-2-5-9-15)13-16-10-6-3-7-11-16;1-2-5-3-4-1/h2-11H,12-13H2,1H3;4H,1-3H2. The van der Waals surface area contributed by atoms with Crippen molar-refractivity contribution in [2.75, 3.05) is 18.2 Å². The zero-order valence-corrected chi connectivity index (χ0v) is 14.4. The van der Waals surface area contributed by atoms with E-state index in [-0.39, 0.29) is 5.91 Å². The fourth-order valence-corrected chi connectivity index (χ4v) is 2.97. The third-order valence-electron chi connectivity index (χ3n) is 3.51. The van der Waals surface area contributed by atoms with Crippen molar-refractivity contribution in [1.29, 1.82) is 0 Å². The maximum Gasteiger partial charge on any atom is 0.220 e. The largest absolute Gasteiger partial charge is 0.334 e. The lowest BCUT2D eigenvalue weighted by atomic mass is 10.1. The smallest absolute Gasteiger partial charge is 0.220 e. The highest BCUT2D eigenvalue weighted by Crippen LogP contribution is 2.10. The highest BCUT2D eigenvalue weighted by Gasteiger charge is 2.09. The van der Waals surface area contributed by atoms with E-state index in [1.807, 2.05) is 77.3 Å². The summed E-state index contributed by atoms with van der Waals surface area (Å²) >= 11 is 1.96. The van der Waals surface area contributed by atoms with Crippen LogP contribution in [0.1, 0.15) is 18.1 Å². The van der Waals surface area contributed by atoms with Gasteiger partial charge in [0.15, 0.2) is 0 Å². The minimum atomic E-state index is 0.0997. The molecule has 1 saturated heterocycles. The van der Waals surface area contributed by atoms with Crippen molar-refractivity contribution in [3.05, 3.63) is 71.8 Å². The zero-order valence-electron chi connectivity index (χ0n) is 13.6. The van der Waals surface area contributed by atoms with E-state index in [1.54, 1.807) is 6.92 Å². The zero-order chi connectivity index (χ0) is 16.3. The molecule has 0 spiro atoms. The Bertz CT molecular complexity index is 521. The van der Waals surface area contributed by atoms with Gasteiger partial charge in [-0.2, -0.15) is 0 Å². The number of rotatable bonds is 4. The van der Waals surface area contributed by atoms with Crippen molar-refractivity contribution in [3.63, 3.8) is 0 Å². The van der Waals surface area contributed by atoms with Gasteiger partial charge in [0.05, 0.1) is 0 Å². The van der Waals surface area contributed by atoms with Crippen molar-refractivity contribution in [2.45, 2.75) is 20.0 Å². The monoisotopic (exact) mass is 328 g/mol. The summed E-state index contributed by atoms with van der Waals surface area (Å²) < 4.78 is 0. The van der Waals surface area contributed by atoms with E-state index in [1.165, 1.54) is 18.2 Å². The van der Waals surface area contributed by atoms with Crippen molar-refractivity contribution in [2.24, 2.45) is 0 Å². The number of benzene rings is 2. The molecule has 1 amide bonds. The highest BCUT2D eigenvalue weighted by molar-refractivity contribution is 7.99. The number of hydrogen-bond donors (Lipinski definition) is 1. The van der Waals surface area contributed by atoms with Gasteiger partial charge in [0.2, 0.25) is 5.91 Å². The Hall–Kier alpha value is -1.78. The first kappa shape index (κ1) is 17.6. The molecule has 1 aliphatic rings. The van der Waals surface area contributed by atoms with Crippen LogP contribution in [0.2, 0.25) is 0 Å². The second-order valence-corrected chi connectivity index (χ2v) is 6.50. The van der Waals surface area contributed by atoms with Crippen LogP contribution in [0.5, 0.6) is 0 Å². The Morgan fingerprint density at radius 1 is 1.00 bits per heavy atom. The Kier molecular flexibility index (Phi) is 7.70. The van der Waals surface area contributed by atoms with E-state index in [2.05, 4.69) is 5.32 Å². The number of thioether (sulfide) groups is 1. The normalized spacial score (nSPS) is 13.1. The van der Waals surface area contributed by atoms with E-state index >= 15 is 0 Å². The molecule has 2 aromatic rings. The molecule has 1 aliphatic heterocycles. The van der Waals surface area contributed by atoms with Gasteiger partial charge in [-0.1, -0.05) is 60.7 Å². The third-order valence-corrected chi connectivity index (χ3v) is 4.41. The lowest BCUT2D eigenvalue weighted by Crippen LogP contribution is -2.27. The molecule has 0 atom stereocenters. The number of carbonyl (C=O) groups is 1. The number of nitrogens with one attached hydrogen (secondary N) is 1. The summed E-state index contributed by atoms with van der Waals surface area (Å²) in [6, 6.07) is 20.1. The van der Waals surface area contributed by atoms with Crippen LogP contribution < -0.4 is 5.32 Å². The molecule has 0 bridgehead atoms. The van der Waals surface area contributed by atoms with Crippen LogP contribution >= 0.6 is 11.8 Å². The highest BCUT2D eigenvalue weighted by atomic mass is 32.2. The lowest BCUT2D eigenvalue weighted by Gasteiger charge is -2.21. The maximum absolute atomic E-state index is 11.7. The summed E-state index contributed by atoms with van der Waals surface area (Å²) in [5.74, 6) is 2.57. The van der Waals surface area contributed by atoms with E-state index in [0.717, 1.165) is 11.1 Å². The summed E-state index contributed by atoms with van der Waals surface area (Å²) in [6.07, 6.45) is 0. The van der Waals surface area contributed by atoms with Gasteiger partial charge in [0.1, 0.15) is 0 Å².